The molecule has 0 saturated heterocycles. The van der Waals surface area contributed by atoms with Crippen molar-refractivity contribution in [3.8, 4) is 0 Å². The number of ether oxygens (including phenoxy) is 1. The number of aromatic nitrogens is 2. The van der Waals surface area contributed by atoms with Crippen molar-refractivity contribution in [3.05, 3.63) is 17.5 Å². The molecule has 5 nitrogen and oxygen atoms in total. The SMILES string of the molecule is COCC(O)CN(C)c1nccnc1Cl. The highest BCUT2D eigenvalue weighted by atomic mass is 35.5. The summed E-state index contributed by atoms with van der Waals surface area (Å²) in [6, 6.07) is 0. The minimum atomic E-state index is -0.571. The predicted octanol–water partition coefficient (Wildman–Crippen LogP) is 0.573. The van der Waals surface area contributed by atoms with Gasteiger partial charge in [0.1, 0.15) is 0 Å². The molecular formula is C9H14ClN3O2. The van der Waals surface area contributed by atoms with Gasteiger partial charge >= 0.3 is 0 Å². The zero-order valence-electron chi connectivity index (χ0n) is 8.72. The molecule has 0 spiro atoms. The minimum absolute atomic E-state index is 0.280. The van der Waals surface area contributed by atoms with Gasteiger partial charge in [0.25, 0.3) is 0 Å². The summed E-state index contributed by atoms with van der Waals surface area (Å²) in [7, 11) is 3.33. The average Bonchev–Trinajstić information content (AvgIpc) is 2.18. The van der Waals surface area contributed by atoms with E-state index >= 15 is 0 Å². The second-order valence-electron chi connectivity index (χ2n) is 3.16. The maximum Gasteiger partial charge on any atom is 0.171 e. The lowest BCUT2D eigenvalue weighted by Crippen LogP contribution is -2.32. The van der Waals surface area contributed by atoms with Gasteiger partial charge in [-0.1, -0.05) is 11.6 Å². The summed E-state index contributed by atoms with van der Waals surface area (Å²) >= 11 is 5.85. The van der Waals surface area contributed by atoms with Gasteiger partial charge in [-0.25, -0.2) is 9.97 Å². The lowest BCUT2D eigenvalue weighted by molar-refractivity contribution is 0.0694. The van der Waals surface area contributed by atoms with E-state index in [0.717, 1.165) is 0 Å². The van der Waals surface area contributed by atoms with Crippen molar-refractivity contribution in [2.75, 3.05) is 32.2 Å². The Balaban J connectivity index is 2.61. The van der Waals surface area contributed by atoms with E-state index in [1.54, 1.807) is 25.3 Å². The molecule has 0 aliphatic heterocycles. The lowest BCUT2D eigenvalue weighted by Gasteiger charge is -2.21. The van der Waals surface area contributed by atoms with Crippen LogP contribution in [0.2, 0.25) is 5.15 Å². The smallest absolute Gasteiger partial charge is 0.171 e. The Morgan fingerprint density at radius 2 is 2.20 bits per heavy atom. The van der Waals surface area contributed by atoms with Gasteiger partial charge in [-0.15, -0.1) is 0 Å². The molecule has 1 rings (SSSR count). The molecule has 1 unspecified atom stereocenters. The van der Waals surface area contributed by atoms with E-state index in [9.17, 15) is 5.11 Å². The zero-order valence-corrected chi connectivity index (χ0v) is 9.48. The standard InChI is InChI=1S/C9H14ClN3O2/c1-13(5-7(14)6-15-2)9-8(10)11-3-4-12-9/h3-4,7,14H,5-6H2,1-2H3. The third-order valence-electron chi connectivity index (χ3n) is 1.84. The largest absolute Gasteiger partial charge is 0.389 e. The van der Waals surface area contributed by atoms with E-state index in [-0.39, 0.29) is 6.61 Å². The maximum atomic E-state index is 9.51. The van der Waals surface area contributed by atoms with Crippen LogP contribution in [0.5, 0.6) is 0 Å². The summed E-state index contributed by atoms with van der Waals surface area (Å²) in [6.07, 6.45) is 2.50. The number of aliphatic hydroxyl groups excluding tert-OH is 1. The zero-order chi connectivity index (χ0) is 11.3. The number of methoxy groups -OCH3 is 1. The summed E-state index contributed by atoms with van der Waals surface area (Å²) in [5, 5.41) is 9.84. The molecule has 0 aromatic carbocycles. The van der Waals surface area contributed by atoms with Crippen LogP contribution in [0.1, 0.15) is 0 Å². The monoisotopic (exact) mass is 231 g/mol. The van der Waals surface area contributed by atoms with Crippen molar-refractivity contribution in [3.63, 3.8) is 0 Å². The molecule has 6 heteroatoms. The van der Waals surface area contributed by atoms with E-state index in [1.807, 2.05) is 0 Å². The Labute approximate surface area is 93.7 Å². The summed E-state index contributed by atoms with van der Waals surface area (Å²) < 4.78 is 4.82. The predicted molar refractivity (Wildman–Crippen MR) is 58.2 cm³/mol. The Bertz CT molecular complexity index is 311. The van der Waals surface area contributed by atoms with Gasteiger partial charge in [-0.2, -0.15) is 0 Å². The molecule has 1 N–H and O–H groups in total. The molecule has 1 aromatic rings. The molecule has 84 valence electrons. The van der Waals surface area contributed by atoms with Crippen LogP contribution in [0.4, 0.5) is 5.82 Å². The first kappa shape index (κ1) is 12.2. The fourth-order valence-electron chi connectivity index (χ4n) is 1.22. The highest BCUT2D eigenvalue weighted by Gasteiger charge is 2.12. The number of likely N-dealkylation sites (N-methyl/N-ethyl adjacent to an activating group) is 1. The Kier molecular flexibility index (Phi) is 4.74. The Hall–Kier alpha value is -0.910. The lowest BCUT2D eigenvalue weighted by atomic mass is 10.3. The summed E-state index contributed by atoms with van der Waals surface area (Å²) in [5.41, 5.74) is 0. The van der Waals surface area contributed by atoms with Crippen molar-refractivity contribution in [2.45, 2.75) is 6.10 Å². The van der Waals surface area contributed by atoms with Crippen LogP contribution in [0.3, 0.4) is 0 Å². The highest BCUT2D eigenvalue weighted by Crippen LogP contribution is 2.18. The average molecular weight is 232 g/mol. The molecule has 1 atom stereocenters. The molecule has 0 saturated carbocycles. The maximum absolute atomic E-state index is 9.51. The second-order valence-corrected chi connectivity index (χ2v) is 3.52. The van der Waals surface area contributed by atoms with Crippen LogP contribution in [0.25, 0.3) is 0 Å². The molecule has 0 aliphatic rings. The summed E-state index contributed by atoms with van der Waals surface area (Å²) in [4.78, 5) is 9.71. The van der Waals surface area contributed by atoms with Gasteiger partial charge < -0.3 is 14.7 Å². The topological polar surface area (TPSA) is 58.5 Å². The van der Waals surface area contributed by atoms with Gasteiger partial charge in [0.2, 0.25) is 0 Å². The van der Waals surface area contributed by atoms with Gasteiger partial charge in [-0.05, 0) is 0 Å². The van der Waals surface area contributed by atoms with Crippen molar-refractivity contribution in [1.82, 2.24) is 9.97 Å². The first-order chi connectivity index (χ1) is 7.15. The number of hydrogen-bond acceptors (Lipinski definition) is 5. The van der Waals surface area contributed by atoms with Crippen LogP contribution in [0.15, 0.2) is 12.4 Å². The molecule has 0 bridgehead atoms. The number of aliphatic hydroxyl groups is 1. The number of rotatable bonds is 5. The first-order valence-electron chi connectivity index (χ1n) is 4.49. The molecule has 1 aromatic heterocycles. The van der Waals surface area contributed by atoms with Crippen molar-refractivity contribution >= 4 is 17.4 Å². The Morgan fingerprint density at radius 3 is 2.80 bits per heavy atom. The van der Waals surface area contributed by atoms with E-state index in [4.69, 9.17) is 16.3 Å². The molecule has 0 amide bonds. The van der Waals surface area contributed by atoms with Crippen molar-refractivity contribution in [1.29, 1.82) is 0 Å². The van der Waals surface area contributed by atoms with Crippen LogP contribution in [-0.4, -0.2) is 48.5 Å². The minimum Gasteiger partial charge on any atom is -0.389 e. The fraction of sp³-hybridized carbons (Fsp3) is 0.556. The molecule has 0 radical (unpaired) electrons. The summed E-state index contributed by atoms with van der Waals surface area (Å²) in [5.74, 6) is 0.550. The van der Waals surface area contributed by atoms with Gasteiger partial charge in [0.05, 0.1) is 12.7 Å². The van der Waals surface area contributed by atoms with E-state index in [0.29, 0.717) is 17.5 Å². The van der Waals surface area contributed by atoms with Crippen LogP contribution in [0, 0.1) is 0 Å². The second kappa shape index (κ2) is 5.85. The van der Waals surface area contributed by atoms with Gasteiger partial charge in [-0.3, -0.25) is 0 Å². The quantitative estimate of drug-likeness (QED) is 0.803. The molecule has 15 heavy (non-hydrogen) atoms. The number of hydrogen-bond donors (Lipinski definition) is 1. The number of anilines is 1. The summed E-state index contributed by atoms with van der Waals surface area (Å²) in [6.45, 7) is 0.675. The van der Waals surface area contributed by atoms with Crippen molar-refractivity contribution < 1.29 is 9.84 Å². The van der Waals surface area contributed by atoms with E-state index in [1.165, 1.54) is 6.20 Å². The van der Waals surface area contributed by atoms with Crippen LogP contribution < -0.4 is 4.90 Å². The third kappa shape index (κ3) is 3.62. The highest BCUT2D eigenvalue weighted by molar-refractivity contribution is 6.31. The van der Waals surface area contributed by atoms with Crippen LogP contribution >= 0.6 is 11.6 Å². The normalized spacial score (nSPS) is 12.5. The third-order valence-corrected chi connectivity index (χ3v) is 2.11. The molecular weight excluding hydrogens is 218 g/mol. The van der Waals surface area contributed by atoms with Gasteiger partial charge in [0, 0.05) is 33.1 Å². The van der Waals surface area contributed by atoms with Gasteiger partial charge in [0.15, 0.2) is 11.0 Å². The fourth-order valence-corrected chi connectivity index (χ4v) is 1.47. The first-order valence-corrected chi connectivity index (χ1v) is 4.87. The van der Waals surface area contributed by atoms with Crippen LogP contribution in [-0.2, 0) is 4.74 Å². The molecule has 0 aliphatic carbocycles. The van der Waals surface area contributed by atoms with E-state index in [2.05, 4.69) is 9.97 Å². The molecule has 0 fully saturated rings. The Morgan fingerprint density at radius 1 is 1.53 bits per heavy atom. The van der Waals surface area contributed by atoms with Crippen molar-refractivity contribution in [2.24, 2.45) is 0 Å². The molecule has 1 heterocycles. The number of nitrogens with zero attached hydrogens (tertiary/aromatic N) is 3. The van der Waals surface area contributed by atoms with E-state index < -0.39 is 6.10 Å². The number of halogens is 1.